The van der Waals surface area contributed by atoms with Crippen LogP contribution in [0.2, 0.25) is 0 Å². The average molecular weight is 512 g/mol. The minimum atomic E-state index is -4.74. The Kier molecular flexibility index (Phi) is 6.42. The number of carbonyl (C=O) groups is 1. The van der Waals surface area contributed by atoms with Crippen LogP contribution in [0.3, 0.4) is 0 Å². The summed E-state index contributed by atoms with van der Waals surface area (Å²) in [6.45, 7) is 1.57. The van der Waals surface area contributed by atoms with Gasteiger partial charge in [-0.25, -0.2) is 9.97 Å². The van der Waals surface area contributed by atoms with Crippen molar-refractivity contribution in [1.82, 2.24) is 9.97 Å². The number of fused-ring (bicyclic) bond motifs is 1. The quantitative estimate of drug-likeness (QED) is 0.305. The highest BCUT2D eigenvalue weighted by atomic mass is 32.1. The second-order valence-corrected chi connectivity index (χ2v) is 10.2. The van der Waals surface area contributed by atoms with Crippen LogP contribution in [0.15, 0.2) is 48.5 Å². The Labute approximate surface area is 210 Å². The molecule has 1 aliphatic rings. The molecule has 5 nitrogen and oxygen atoms in total. The Bertz CT molecular complexity index is 1440. The number of hydrogen-bond donors (Lipinski definition) is 1. The molecule has 0 unspecified atom stereocenters. The van der Waals surface area contributed by atoms with Gasteiger partial charge >= 0.3 is 6.36 Å². The third-order valence-electron chi connectivity index (χ3n) is 6.52. The van der Waals surface area contributed by atoms with Crippen molar-refractivity contribution >= 4 is 28.3 Å². The molecule has 0 bridgehead atoms. The maximum atomic E-state index is 12.6. The van der Waals surface area contributed by atoms with Crippen LogP contribution < -0.4 is 10.5 Å². The highest BCUT2D eigenvalue weighted by molar-refractivity contribution is 7.15. The van der Waals surface area contributed by atoms with Crippen LogP contribution in [0.4, 0.5) is 13.2 Å². The molecule has 2 aromatic heterocycles. The predicted octanol–water partition coefficient (Wildman–Crippen LogP) is 6.91. The fraction of sp³-hybridized carbons (Fsp3) is 0.296. The van der Waals surface area contributed by atoms with E-state index in [1.54, 1.807) is 19.1 Å². The summed E-state index contributed by atoms with van der Waals surface area (Å²) in [4.78, 5) is 23.5. The lowest BCUT2D eigenvalue weighted by molar-refractivity contribution is -0.274. The number of nitrogens with two attached hydrogens (primary N) is 1. The molecule has 1 fully saturated rings. The van der Waals surface area contributed by atoms with E-state index in [2.05, 4.69) is 15.8 Å². The van der Waals surface area contributed by atoms with Gasteiger partial charge in [0.15, 0.2) is 5.69 Å². The third-order valence-corrected chi connectivity index (χ3v) is 7.65. The molecule has 36 heavy (non-hydrogen) atoms. The van der Waals surface area contributed by atoms with Crippen LogP contribution in [-0.2, 0) is 6.42 Å². The lowest BCUT2D eigenvalue weighted by Gasteiger charge is -2.14. The molecule has 0 spiro atoms. The normalized spacial score (nSPS) is 14.4. The van der Waals surface area contributed by atoms with Crippen molar-refractivity contribution in [2.24, 2.45) is 5.73 Å². The van der Waals surface area contributed by atoms with E-state index in [0.29, 0.717) is 29.1 Å². The number of benzene rings is 2. The zero-order valence-electron chi connectivity index (χ0n) is 19.6. The first-order valence-corrected chi connectivity index (χ1v) is 12.5. The van der Waals surface area contributed by atoms with Gasteiger partial charge in [-0.3, -0.25) is 4.79 Å². The van der Waals surface area contributed by atoms with Crippen LogP contribution in [0.25, 0.3) is 21.5 Å². The predicted molar refractivity (Wildman–Crippen MR) is 133 cm³/mol. The number of amides is 1. The van der Waals surface area contributed by atoms with Gasteiger partial charge < -0.3 is 10.5 Å². The number of carbonyl (C=O) groups excluding carboxylic acids is 1. The van der Waals surface area contributed by atoms with Gasteiger partial charge in [-0.2, -0.15) is 0 Å². The molecule has 2 heterocycles. The highest BCUT2D eigenvalue weighted by Gasteiger charge is 2.31. The molecule has 5 rings (SSSR count). The summed E-state index contributed by atoms with van der Waals surface area (Å²) >= 11 is 1.48. The number of para-hydroxylation sites is 1. The molecule has 0 atom stereocenters. The van der Waals surface area contributed by atoms with E-state index in [-0.39, 0.29) is 11.4 Å². The second kappa shape index (κ2) is 9.54. The van der Waals surface area contributed by atoms with E-state index in [4.69, 9.17) is 10.7 Å². The number of aromatic nitrogens is 2. The van der Waals surface area contributed by atoms with Gasteiger partial charge in [-0.1, -0.05) is 25.0 Å². The van der Waals surface area contributed by atoms with Crippen molar-refractivity contribution in [3.05, 3.63) is 75.9 Å². The van der Waals surface area contributed by atoms with Crippen molar-refractivity contribution in [2.45, 2.75) is 51.3 Å². The fourth-order valence-corrected chi connectivity index (χ4v) is 5.86. The number of hydrogen-bond acceptors (Lipinski definition) is 5. The average Bonchev–Trinajstić information content (AvgIpc) is 3.51. The largest absolute Gasteiger partial charge is 0.573 e. The van der Waals surface area contributed by atoms with Crippen LogP contribution >= 0.6 is 11.3 Å². The maximum absolute atomic E-state index is 12.6. The first kappa shape index (κ1) is 24.2. The first-order chi connectivity index (χ1) is 17.2. The molecule has 9 heteroatoms. The van der Waals surface area contributed by atoms with Crippen molar-refractivity contribution in [1.29, 1.82) is 0 Å². The fourth-order valence-electron chi connectivity index (χ4n) is 4.86. The molecule has 2 aromatic carbocycles. The standard InChI is InChI=1S/C27H24F3N3O2S/c1-15-13-17(9-11-22(15)35-27(28,29)30)23-12-10-18(36-23)14-21-25(26(31)34)32-20-8-4-7-19(24(20)33-21)16-5-2-3-6-16/h4,7-13,16H,2-3,5-6,14H2,1H3,(H2,31,34). The van der Waals surface area contributed by atoms with E-state index >= 15 is 0 Å². The molecule has 1 amide bonds. The van der Waals surface area contributed by atoms with Gasteiger partial charge in [0.25, 0.3) is 5.91 Å². The Morgan fingerprint density at radius 3 is 2.58 bits per heavy atom. The molecule has 1 saturated carbocycles. The first-order valence-electron chi connectivity index (χ1n) is 11.7. The van der Waals surface area contributed by atoms with Gasteiger partial charge in [0.1, 0.15) is 5.75 Å². The SMILES string of the molecule is Cc1cc(-c2ccc(Cc3nc4c(C5CCCC5)cccc4nc3C(N)=O)s2)ccc1OC(F)(F)F. The molecule has 2 N–H and O–H groups in total. The zero-order valence-corrected chi connectivity index (χ0v) is 20.4. The van der Waals surface area contributed by atoms with Crippen molar-refractivity contribution in [3.8, 4) is 16.2 Å². The summed E-state index contributed by atoms with van der Waals surface area (Å²) in [5.74, 6) is -0.409. The minimum absolute atomic E-state index is 0.158. The van der Waals surface area contributed by atoms with Crippen LogP contribution in [-0.4, -0.2) is 22.2 Å². The van der Waals surface area contributed by atoms with Gasteiger partial charge in [0, 0.05) is 16.2 Å². The Hall–Kier alpha value is -3.46. The number of nitrogens with zero attached hydrogens (tertiary/aromatic N) is 2. The molecule has 4 aromatic rings. The van der Waals surface area contributed by atoms with E-state index < -0.39 is 12.3 Å². The van der Waals surface area contributed by atoms with Gasteiger partial charge in [0.2, 0.25) is 0 Å². The molecule has 186 valence electrons. The lowest BCUT2D eigenvalue weighted by atomic mass is 9.96. The summed E-state index contributed by atoms with van der Waals surface area (Å²) in [6.07, 6.45) is 0.267. The van der Waals surface area contributed by atoms with E-state index in [1.807, 2.05) is 24.3 Å². The second-order valence-electron chi connectivity index (χ2n) is 9.05. The Morgan fingerprint density at radius 2 is 1.89 bits per heavy atom. The van der Waals surface area contributed by atoms with Crippen LogP contribution in [0.1, 0.15) is 63.8 Å². The van der Waals surface area contributed by atoms with E-state index in [0.717, 1.165) is 33.7 Å². The zero-order chi connectivity index (χ0) is 25.4. The van der Waals surface area contributed by atoms with Crippen molar-refractivity contribution < 1.29 is 22.7 Å². The number of ether oxygens (including phenoxy) is 1. The minimum Gasteiger partial charge on any atom is -0.406 e. The number of primary amides is 1. The lowest BCUT2D eigenvalue weighted by Crippen LogP contribution is -2.18. The number of rotatable bonds is 6. The number of thiophene rings is 1. The summed E-state index contributed by atoms with van der Waals surface area (Å²) < 4.78 is 41.8. The van der Waals surface area contributed by atoms with E-state index in [9.17, 15) is 18.0 Å². The van der Waals surface area contributed by atoms with Crippen LogP contribution in [0, 0.1) is 6.92 Å². The van der Waals surface area contributed by atoms with Crippen LogP contribution in [0.5, 0.6) is 5.75 Å². The molecular weight excluding hydrogens is 487 g/mol. The molecule has 0 saturated heterocycles. The molecule has 0 aliphatic heterocycles. The van der Waals surface area contributed by atoms with Gasteiger partial charge in [-0.05, 0) is 78.8 Å². The molecule has 0 radical (unpaired) electrons. The van der Waals surface area contributed by atoms with Gasteiger partial charge in [-0.15, -0.1) is 24.5 Å². The summed E-state index contributed by atoms with van der Waals surface area (Å²) in [5.41, 5.74) is 10.2. The van der Waals surface area contributed by atoms with Crippen molar-refractivity contribution in [2.75, 3.05) is 0 Å². The smallest absolute Gasteiger partial charge is 0.406 e. The third kappa shape index (κ3) is 5.06. The maximum Gasteiger partial charge on any atom is 0.573 e. The monoisotopic (exact) mass is 511 g/mol. The summed E-state index contributed by atoms with van der Waals surface area (Å²) in [5, 5.41) is 0. The topological polar surface area (TPSA) is 78.1 Å². The highest BCUT2D eigenvalue weighted by Crippen LogP contribution is 2.38. The molecule has 1 aliphatic carbocycles. The summed E-state index contributed by atoms with van der Waals surface area (Å²) in [7, 11) is 0. The number of alkyl halides is 3. The van der Waals surface area contributed by atoms with Crippen molar-refractivity contribution in [3.63, 3.8) is 0 Å². The summed E-state index contributed by atoms with van der Waals surface area (Å²) in [6, 6.07) is 14.3. The Morgan fingerprint density at radius 1 is 1.11 bits per heavy atom. The number of halogens is 3. The van der Waals surface area contributed by atoms with Gasteiger partial charge in [0.05, 0.1) is 16.7 Å². The Balaban J connectivity index is 1.46. The number of aryl methyl sites for hydroxylation is 1. The molecular formula is C27H24F3N3O2S. The van der Waals surface area contributed by atoms with E-state index in [1.165, 1.54) is 35.8 Å².